The first kappa shape index (κ1) is 62.0. The lowest BCUT2D eigenvalue weighted by Gasteiger charge is -2.31. The van der Waals surface area contributed by atoms with E-state index in [9.17, 15) is 33.2 Å². The molecule has 25 nitrogen and oxygen atoms in total. The van der Waals surface area contributed by atoms with Crippen molar-refractivity contribution in [3.63, 3.8) is 0 Å². The minimum absolute atomic E-state index is 0.225. The minimum atomic E-state index is -3.94. The van der Waals surface area contributed by atoms with Gasteiger partial charge in [-0.25, -0.2) is 40.1 Å². The third kappa shape index (κ3) is 22.0. The van der Waals surface area contributed by atoms with Gasteiger partial charge in [0.25, 0.3) is 7.52 Å². The van der Waals surface area contributed by atoms with E-state index in [1.807, 2.05) is 34.6 Å². The van der Waals surface area contributed by atoms with Crippen molar-refractivity contribution >= 4 is 72.7 Å². The number of fused-ring (bicyclic) bond motifs is 2. The van der Waals surface area contributed by atoms with Gasteiger partial charge in [0.2, 0.25) is 0 Å². The average Bonchev–Trinajstić information content (AvgIpc) is 3.83. The predicted octanol–water partition coefficient (Wildman–Crippen LogP) is 5.34. The Hall–Kier alpha value is -5.16. The highest BCUT2D eigenvalue weighted by atomic mass is 31.2. The second kappa shape index (κ2) is 26.5. The number of carbonyl (C=O) groups excluding carboxylic acids is 4. The molecule has 0 aliphatic rings. The van der Waals surface area contributed by atoms with Crippen LogP contribution >= 0.6 is 14.8 Å². The van der Waals surface area contributed by atoms with Crippen LogP contribution in [-0.2, 0) is 69.8 Å². The number of carbonyl (C=O) groups is 4. The number of nitrogen functional groups attached to an aromatic ring is 2. The van der Waals surface area contributed by atoms with Crippen molar-refractivity contribution in [1.82, 2.24) is 49.2 Å². The van der Waals surface area contributed by atoms with Crippen molar-refractivity contribution < 1.29 is 61.6 Å². The molecule has 0 radical (unpaired) electrons. The number of nitrogens with zero attached hydrogens (tertiary/aromatic N) is 8. The Balaban J connectivity index is 0.000000429. The molecule has 0 amide bonds. The smallest absolute Gasteiger partial charge is 0.326 e. The topological polar surface area (TPSA) is 341 Å². The SMILES string of the molecule is CC(=O)OC(C)(C)C.CCCOC(=O)C(C)(C)NP(=O)(CO[C@H](C)Cn1cnc2c(N)ncnc21)CC(=O)OC(C)(C)C.CCCOC(=O)C(C)(C)NP(=O)(O)CO[C@H](C)Cn1cnc2c(N)ncnc21. The fraction of sp³-hybridized carbons (Fsp3) is 0.682. The normalized spacial score (nSPS) is 14.6. The summed E-state index contributed by atoms with van der Waals surface area (Å²) < 4.78 is 61.6. The molecule has 2 unspecified atom stereocenters. The second-order valence-electron chi connectivity index (χ2n) is 19.7. The number of esters is 4. The summed E-state index contributed by atoms with van der Waals surface area (Å²) in [6.07, 6.45) is 5.05. The zero-order valence-electron chi connectivity index (χ0n) is 43.8. The molecule has 0 aliphatic heterocycles. The molecule has 71 heavy (non-hydrogen) atoms. The van der Waals surface area contributed by atoms with E-state index in [0.29, 0.717) is 48.3 Å². The zero-order chi connectivity index (χ0) is 54.2. The minimum Gasteiger partial charge on any atom is -0.464 e. The lowest BCUT2D eigenvalue weighted by Crippen LogP contribution is -2.47. The quantitative estimate of drug-likeness (QED) is 0.0377. The highest BCUT2D eigenvalue weighted by molar-refractivity contribution is 7.62. The molecule has 4 atom stereocenters. The summed E-state index contributed by atoms with van der Waals surface area (Å²) in [5.41, 5.74) is 9.93. The number of anilines is 2. The van der Waals surface area contributed by atoms with E-state index in [1.165, 1.54) is 33.4 Å². The van der Waals surface area contributed by atoms with E-state index in [0.717, 1.165) is 0 Å². The molecule has 0 fully saturated rings. The standard InChI is InChI=1S/C22H37N6O6P.C16H27N6O5P.C6H12O2/c1-8-9-32-20(30)22(6,7)27-35(31,11-16(29)34-21(3,4)5)14-33-15(2)10-28-13-26-17-18(23)24-12-25-19(17)28;1-5-6-26-15(23)16(3,4)21-28(24,25)10-27-11(2)7-22-9-20-12-13(17)18-8-19-14(12)22;1-5(7)8-6(2,3)4/h12-13,15H,8-11,14H2,1-7H3,(H,27,31)(H2,23,24,25);8-9,11H,5-7,10H2,1-4H3,(H2,17,18,19)(H2,21,24,25);1-4H3/t15-,35?;11-;/m11./s1. The molecular weight excluding hydrogens is 967 g/mol. The van der Waals surface area contributed by atoms with Crippen LogP contribution < -0.4 is 21.6 Å². The molecule has 0 saturated carbocycles. The number of nitrogens with two attached hydrogens (primary N) is 2. The molecule has 0 spiro atoms. The van der Waals surface area contributed by atoms with Crippen LogP contribution in [0, 0.1) is 0 Å². The molecule has 0 bridgehead atoms. The Labute approximate surface area is 415 Å². The van der Waals surface area contributed by atoms with Crippen LogP contribution in [0.1, 0.15) is 117 Å². The first-order valence-corrected chi connectivity index (χ1v) is 26.9. The third-order valence-corrected chi connectivity index (χ3v) is 12.7. The van der Waals surface area contributed by atoms with E-state index in [-0.39, 0.29) is 42.8 Å². The van der Waals surface area contributed by atoms with Gasteiger partial charge in [-0.1, -0.05) is 13.8 Å². The van der Waals surface area contributed by atoms with Gasteiger partial charge in [0.1, 0.15) is 64.8 Å². The van der Waals surface area contributed by atoms with E-state index in [4.69, 9.17) is 39.9 Å². The van der Waals surface area contributed by atoms with Gasteiger partial charge in [-0.3, -0.25) is 23.7 Å². The van der Waals surface area contributed by atoms with Gasteiger partial charge in [-0.15, -0.1) is 0 Å². The largest absolute Gasteiger partial charge is 0.464 e. The van der Waals surface area contributed by atoms with Crippen LogP contribution in [0.2, 0.25) is 0 Å². The summed E-state index contributed by atoms with van der Waals surface area (Å²) in [6.45, 7) is 26.6. The summed E-state index contributed by atoms with van der Waals surface area (Å²) in [5.74, 6) is -1.51. The number of ether oxygens (including phenoxy) is 6. The van der Waals surface area contributed by atoms with Gasteiger partial charge in [0.05, 0.1) is 51.2 Å². The van der Waals surface area contributed by atoms with Crippen LogP contribution in [0.15, 0.2) is 25.3 Å². The van der Waals surface area contributed by atoms with Gasteiger partial charge >= 0.3 is 23.9 Å². The molecule has 0 aromatic carbocycles. The Morgan fingerprint density at radius 1 is 0.662 bits per heavy atom. The number of nitrogens with one attached hydrogen (secondary N) is 2. The van der Waals surface area contributed by atoms with Crippen LogP contribution in [0.25, 0.3) is 22.3 Å². The zero-order valence-corrected chi connectivity index (χ0v) is 45.6. The first-order chi connectivity index (χ1) is 32.6. The molecule has 400 valence electrons. The van der Waals surface area contributed by atoms with Crippen molar-refractivity contribution in [2.24, 2.45) is 0 Å². The second-order valence-corrected chi connectivity index (χ2v) is 24.1. The fourth-order valence-electron chi connectivity index (χ4n) is 6.15. The number of aromatic nitrogens is 8. The average molecular weight is 1040 g/mol. The van der Waals surface area contributed by atoms with Crippen molar-refractivity contribution in [3.05, 3.63) is 25.3 Å². The Morgan fingerprint density at radius 2 is 1.07 bits per heavy atom. The van der Waals surface area contributed by atoms with E-state index >= 15 is 0 Å². The molecule has 4 rings (SSSR count). The van der Waals surface area contributed by atoms with E-state index in [2.05, 4.69) is 40.1 Å². The number of imidazole rings is 2. The van der Waals surface area contributed by atoms with Crippen LogP contribution in [0.3, 0.4) is 0 Å². The Bertz CT molecular complexity index is 2480. The van der Waals surface area contributed by atoms with Gasteiger partial charge in [0, 0.05) is 6.92 Å². The lowest BCUT2D eigenvalue weighted by molar-refractivity contribution is -0.153. The summed E-state index contributed by atoms with van der Waals surface area (Å²) in [6, 6.07) is 0. The van der Waals surface area contributed by atoms with Gasteiger partial charge in [-0.2, -0.15) is 0 Å². The first-order valence-electron chi connectivity index (χ1n) is 22.9. The molecular formula is C44H76N12O13P2. The predicted molar refractivity (Wildman–Crippen MR) is 267 cm³/mol. The fourth-order valence-corrected chi connectivity index (χ4v) is 9.96. The molecule has 0 saturated heterocycles. The monoisotopic (exact) mass is 1040 g/mol. The molecule has 27 heteroatoms. The maximum Gasteiger partial charge on any atom is 0.326 e. The van der Waals surface area contributed by atoms with Gasteiger partial charge < -0.3 is 58.5 Å². The van der Waals surface area contributed by atoms with Crippen molar-refractivity contribution in [3.8, 4) is 0 Å². The maximum absolute atomic E-state index is 13.9. The van der Waals surface area contributed by atoms with Crippen LogP contribution in [0.4, 0.5) is 11.6 Å². The maximum atomic E-state index is 13.9. The number of hydrogen-bond acceptors (Lipinski definition) is 20. The van der Waals surface area contributed by atoms with E-state index < -0.39 is 74.1 Å². The Morgan fingerprint density at radius 3 is 1.45 bits per heavy atom. The summed E-state index contributed by atoms with van der Waals surface area (Å²) in [4.78, 5) is 82.0. The highest BCUT2D eigenvalue weighted by Gasteiger charge is 2.40. The van der Waals surface area contributed by atoms with Gasteiger partial charge in [0.15, 0.2) is 30.2 Å². The van der Waals surface area contributed by atoms with Crippen LogP contribution in [0.5, 0.6) is 0 Å². The lowest BCUT2D eigenvalue weighted by atomic mass is 10.1. The molecule has 4 heterocycles. The molecule has 4 aromatic rings. The third-order valence-electron chi connectivity index (χ3n) is 8.96. The number of rotatable bonds is 22. The number of hydrogen-bond donors (Lipinski definition) is 5. The summed E-state index contributed by atoms with van der Waals surface area (Å²) in [7, 11) is -7.53. The van der Waals surface area contributed by atoms with Gasteiger partial charge in [-0.05, 0) is 95.9 Å². The van der Waals surface area contributed by atoms with Crippen molar-refractivity contribution in [2.45, 2.75) is 164 Å². The van der Waals surface area contributed by atoms with Crippen molar-refractivity contribution in [1.29, 1.82) is 0 Å². The Kier molecular flexibility index (Phi) is 23.1. The summed E-state index contributed by atoms with van der Waals surface area (Å²) in [5, 5.41) is 5.29. The molecule has 0 aliphatic carbocycles. The summed E-state index contributed by atoms with van der Waals surface area (Å²) >= 11 is 0. The molecule has 4 aromatic heterocycles. The van der Waals surface area contributed by atoms with Crippen molar-refractivity contribution in [2.75, 3.05) is 43.5 Å². The highest BCUT2D eigenvalue weighted by Crippen LogP contribution is 2.44. The van der Waals surface area contributed by atoms with E-state index in [1.54, 1.807) is 70.3 Å². The van der Waals surface area contributed by atoms with Crippen LogP contribution in [-0.4, -0.2) is 134 Å². The molecule has 7 N–H and O–H groups in total.